The number of esters is 1. The van der Waals surface area contributed by atoms with Crippen molar-refractivity contribution in [3.8, 4) is 5.75 Å². The van der Waals surface area contributed by atoms with Crippen molar-refractivity contribution in [1.82, 2.24) is 10.2 Å². The van der Waals surface area contributed by atoms with Gasteiger partial charge in [0.2, 0.25) is 0 Å². The van der Waals surface area contributed by atoms with Crippen LogP contribution in [0.5, 0.6) is 5.75 Å². The van der Waals surface area contributed by atoms with E-state index in [4.69, 9.17) is 14.6 Å². The highest BCUT2D eigenvalue weighted by molar-refractivity contribution is 5.87. The molecule has 2 aromatic carbocycles. The SMILES string of the molecule is COc1ccccc1C(NCc1ccc(C(=O)O)cc1)C(=O)O[C@H]1CN2CCC1CC2. The molecule has 3 aliphatic heterocycles. The number of piperidine rings is 3. The molecule has 3 fully saturated rings. The first kappa shape index (κ1) is 21.3. The van der Waals surface area contributed by atoms with Gasteiger partial charge in [-0.15, -0.1) is 0 Å². The summed E-state index contributed by atoms with van der Waals surface area (Å²) in [7, 11) is 1.58. The van der Waals surface area contributed by atoms with Crippen molar-refractivity contribution in [2.24, 2.45) is 5.92 Å². The average Bonchev–Trinajstić information content (AvgIpc) is 2.80. The zero-order valence-electron chi connectivity index (χ0n) is 17.6. The van der Waals surface area contributed by atoms with E-state index >= 15 is 0 Å². The molecule has 2 N–H and O–H groups in total. The molecule has 5 rings (SSSR count). The normalized spacial score (nSPS) is 23.2. The summed E-state index contributed by atoms with van der Waals surface area (Å²) in [6.07, 6.45) is 2.06. The van der Waals surface area contributed by atoms with Crippen molar-refractivity contribution < 1.29 is 24.2 Å². The fraction of sp³-hybridized carbons (Fsp3) is 0.417. The Balaban J connectivity index is 1.51. The molecule has 2 atom stereocenters. The van der Waals surface area contributed by atoms with E-state index in [1.807, 2.05) is 24.3 Å². The van der Waals surface area contributed by atoms with Gasteiger partial charge in [-0.05, 0) is 55.6 Å². The fourth-order valence-electron chi connectivity index (χ4n) is 4.47. The average molecular weight is 424 g/mol. The van der Waals surface area contributed by atoms with Crippen LogP contribution >= 0.6 is 0 Å². The highest BCUT2D eigenvalue weighted by Gasteiger charge is 2.38. The summed E-state index contributed by atoms with van der Waals surface area (Å²) in [5.41, 5.74) is 1.82. The van der Waals surface area contributed by atoms with Crippen LogP contribution in [0.4, 0.5) is 0 Å². The minimum Gasteiger partial charge on any atom is -0.496 e. The summed E-state index contributed by atoms with van der Waals surface area (Å²) in [6.45, 7) is 3.35. The standard InChI is InChI=1S/C24H28N2O5/c1-30-20-5-3-2-4-19(20)22(25-14-16-6-8-18(9-7-16)23(27)28)24(29)31-21-15-26-12-10-17(21)11-13-26/h2-9,17,21-22,25H,10-15H2,1H3,(H,27,28)/t21-,22?/m0/s1. The molecule has 3 heterocycles. The monoisotopic (exact) mass is 424 g/mol. The van der Waals surface area contributed by atoms with Gasteiger partial charge in [-0.1, -0.05) is 30.3 Å². The number of hydrogen-bond donors (Lipinski definition) is 2. The maximum absolute atomic E-state index is 13.3. The molecule has 7 heteroatoms. The summed E-state index contributed by atoms with van der Waals surface area (Å²) in [6, 6.07) is 13.3. The van der Waals surface area contributed by atoms with Gasteiger partial charge in [-0.2, -0.15) is 0 Å². The lowest BCUT2D eigenvalue weighted by Crippen LogP contribution is -2.52. The summed E-state index contributed by atoms with van der Waals surface area (Å²) in [4.78, 5) is 26.7. The molecule has 1 unspecified atom stereocenters. The van der Waals surface area contributed by atoms with Crippen molar-refractivity contribution >= 4 is 11.9 Å². The van der Waals surface area contributed by atoms with E-state index in [1.165, 1.54) is 0 Å². The molecule has 31 heavy (non-hydrogen) atoms. The number of ether oxygens (including phenoxy) is 2. The third-order valence-corrected chi connectivity index (χ3v) is 6.26. The van der Waals surface area contributed by atoms with E-state index in [9.17, 15) is 9.59 Å². The number of carbonyl (C=O) groups is 2. The maximum atomic E-state index is 13.3. The molecule has 164 valence electrons. The summed E-state index contributed by atoms with van der Waals surface area (Å²) >= 11 is 0. The van der Waals surface area contributed by atoms with Crippen molar-refractivity contribution in [3.63, 3.8) is 0 Å². The molecule has 0 saturated carbocycles. The van der Waals surface area contributed by atoms with Crippen molar-refractivity contribution in [1.29, 1.82) is 0 Å². The number of nitrogens with zero attached hydrogens (tertiary/aromatic N) is 1. The zero-order chi connectivity index (χ0) is 21.8. The van der Waals surface area contributed by atoms with Gasteiger partial charge in [-0.3, -0.25) is 10.2 Å². The van der Waals surface area contributed by atoms with Crippen LogP contribution in [0.1, 0.15) is 40.4 Å². The van der Waals surface area contributed by atoms with Gasteiger partial charge in [0.25, 0.3) is 0 Å². The Bertz CT molecular complexity index is 922. The predicted molar refractivity (Wildman–Crippen MR) is 115 cm³/mol. The number of carboxylic acids is 1. The number of carboxylic acid groups (broad SMARTS) is 1. The van der Waals surface area contributed by atoms with Crippen LogP contribution in [0.15, 0.2) is 48.5 Å². The second-order valence-electron chi connectivity index (χ2n) is 8.17. The molecular formula is C24H28N2O5. The molecule has 0 aromatic heterocycles. The van der Waals surface area contributed by atoms with E-state index in [0.29, 0.717) is 18.2 Å². The van der Waals surface area contributed by atoms with Crippen LogP contribution in [0.3, 0.4) is 0 Å². The quantitative estimate of drug-likeness (QED) is 0.630. The Morgan fingerprint density at radius 3 is 2.45 bits per heavy atom. The van der Waals surface area contributed by atoms with Gasteiger partial charge in [0.05, 0.1) is 12.7 Å². The molecule has 3 saturated heterocycles. The van der Waals surface area contributed by atoms with E-state index in [-0.39, 0.29) is 17.6 Å². The Hall–Kier alpha value is -2.90. The van der Waals surface area contributed by atoms with Crippen molar-refractivity contribution in [3.05, 3.63) is 65.2 Å². The number of para-hydroxylation sites is 1. The Morgan fingerprint density at radius 2 is 1.84 bits per heavy atom. The first-order valence-corrected chi connectivity index (χ1v) is 10.7. The number of hydrogen-bond acceptors (Lipinski definition) is 6. The molecule has 3 aliphatic rings. The minimum absolute atomic E-state index is 0.0798. The van der Waals surface area contributed by atoms with Crippen molar-refractivity contribution in [2.45, 2.75) is 31.5 Å². The minimum atomic E-state index is -0.965. The third-order valence-electron chi connectivity index (χ3n) is 6.26. The number of aromatic carboxylic acids is 1. The topological polar surface area (TPSA) is 88.1 Å². The summed E-state index contributed by atoms with van der Waals surface area (Å²) in [5, 5.41) is 12.4. The number of fused-ring (bicyclic) bond motifs is 3. The van der Waals surface area contributed by atoms with Crippen molar-refractivity contribution in [2.75, 3.05) is 26.7 Å². The second-order valence-corrected chi connectivity index (χ2v) is 8.17. The molecule has 7 nitrogen and oxygen atoms in total. The lowest BCUT2D eigenvalue weighted by atomic mass is 9.86. The molecular weight excluding hydrogens is 396 g/mol. The van der Waals surface area contributed by atoms with Crippen LogP contribution in [0.25, 0.3) is 0 Å². The number of methoxy groups -OCH3 is 1. The van der Waals surface area contributed by atoms with E-state index in [2.05, 4.69) is 10.2 Å². The maximum Gasteiger partial charge on any atom is 0.335 e. The first-order valence-electron chi connectivity index (χ1n) is 10.7. The van der Waals surface area contributed by atoms with E-state index in [0.717, 1.165) is 43.6 Å². The molecule has 0 radical (unpaired) electrons. The van der Waals surface area contributed by atoms with Crippen LogP contribution < -0.4 is 10.1 Å². The van der Waals surface area contributed by atoms with Gasteiger partial charge in [0.15, 0.2) is 0 Å². The smallest absolute Gasteiger partial charge is 0.335 e. The molecule has 2 bridgehead atoms. The molecule has 0 spiro atoms. The third kappa shape index (κ3) is 4.89. The largest absolute Gasteiger partial charge is 0.496 e. The summed E-state index contributed by atoms with van der Waals surface area (Å²) < 4.78 is 11.5. The molecule has 0 amide bonds. The van der Waals surface area contributed by atoms with Crippen LogP contribution in [-0.2, 0) is 16.1 Å². The lowest BCUT2D eigenvalue weighted by molar-refractivity contribution is -0.161. The number of nitrogens with one attached hydrogen (secondary N) is 1. The van der Waals surface area contributed by atoms with Crippen LogP contribution in [0, 0.1) is 5.92 Å². The van der Waals surface area contributed by atoms with E-state index in [1.54, 1.807) is 31.4 Å². The van der Waals surface area contributed by atoms with Gasteiger partial charge >= 0.3 is 11.9 Å². The number of carbonyl (C=O) groups excluding carboxylic acids is 1. The van der Waals surface area contributed by atoms with Crippen LogP contribution in [0.2, 0.25) is 0 Å². The highest BCUT2D eigenvalue weighted by atomic mass is 16.5. The number of benzene rings is 2. The van der Waals surface area contributed by atoms with Gasteiger partial charge in [0.1, 0.15) is 17.9 Å². The Morgan fingerprint density at radius 1 is 1.13 bits per heavy atom. The zero-order valence-corrected chi connectivity index (χ0v) is 17.6. The van der Waals surface area contributed by atoms with Gasteiger partial charge < -0.3 is 14.6 Å². The Labute approximate surface area is 182 Å². The number of rotatable bonds is 8. The second kappa shape index (κ2) is 9.49. The van der Waals surface area contributed by atoms with Crippen LogP contribution in [-0.4, -0.2) is 54.8 Å². The Kier molecular flexibility index (Phi) is 6.53. The molecule has 2 aromatic rings. The summed E-state index contributed by atoms with van der Waals surface area (Å²) in [5.74, 6) is -0.235. The first-order chi connectivity index (χ1) is 15.0. The van der Waals surface area contributed by atoms with E-state index < -0.39 is 12.0 Å². The lowest BCUT2D eigenvalue weighted by Gasteiger charge is -2.44. The van der Waals surface area contributed by atoms with Gasteiger partial charge in [0, 0.05) is 18.7 Å². The fourth-order valence-corrected chi connectivity index (χ4v) is 4.47. The molecule has 0 aliphatic carbocycles. The highest BCUT2D eigenvalue weighted by Crippen LogP contribution is 2.32. The predicted octanol–water partition coefficient (Wildman–Crippen LogP) is 2.86. The van der Waals surface area contributed by atoms with Gasteiger partial charge in [-0.25, -0.2) is 9.59 Å².